The van der Waals surface area contributed by atoms with Crippen molar-refractivity contribution < 1.29 is 4.39 Å². The summed E-state index contributed by atoms with van der Waals surface area (Å²) in [7, 11) is 0. The van der Waals surface area contributed by atoms with Crippen LogP contribution in [0.25, 0.3) is 10.2 Å². The van der Waals surface area contributed by atoms with Crippen molar-refractivity contribution >= 4 is 48.3 Å². The van der Waals surface area contributed by atoms with Crippen LogP contribution < -0.4 is 5.32 Å². The number of fused-ring (bicyclic) bond motifs is 1. The summed E-state index contributed by atoms with van der Waals surface area (Å²) in [5, 5.41) is 3.72. The topological polar surface area (TPSA) is 24.9 Å². The Bertz CT molecular complexity index is 754. The van der Waals surface area contributed by atoms with Crippen LogP contribution in [0.4, 0.5) is 15.2 Å². The monoisotopic (exact) mass is 336 g/mol. The lowest BCUT2D eigenvalue weighted by Gasteiger charge is -2.04. The number of anilines is 2. The van der Waals surface area contributed by atoms with E-state index in [1.54, 1.807) is 12.1 Å². The van der Waals surface area contributed by atoms with Crippen LogP contribution in [0.2, 0.25) is 0 Å². The van der Waals surface area contributed by atoms with E-state index in [0.717, 1.165) is 14.7 Å². The first-order chi connectivity index (χ1) is 9.11. The van der Waals surface area contributed by atoms with Crippen LogP contribution in [-0.2, 0) is 0 Å². The number of nitrogens with zero attached hydrogens (tertiary/aromatic N) is 1. The molecule has 2 aromatic carbocycles. The van der Waals surface area contributed by atoms with Gasteiger partial charge in [0.05, 0.1) is 15.9 Å². The Hall–Kier alpha value is -1.46. The summed E-state index contributed by atoms with van der Waals surface area (Å²) in [5.41, 5.74) is 2.54. The summed E-state index contributed by atoms with van der Waals surface area (Å²) in [6, 6.07) is 10.9. The van der Waals surface area contributed by atoms with Crippen molar-refractivity contribution in [1.82, 2.24) is 4.98 Å². The highest BCUT2D eigenvalue weighted by Gasteiger charge is 2.07. The number of benzene rings is 2. The molecule has 96 valence electrons. The summed E-state index contributed by atoms with van der Waals surface area (Å²) in [6.45, 7) is 2.04. The fourth-order valence-corrected chi connectivity index (χ4v) is 3.13. The van der Waals surface area contributed by atoms with Gasteiger partial charge >= 0.3 is 0 Å². The van der Waals surface area contributed by atoms with Gasteiger partial charge in [0.15, 0.2) is 5.13 Å². The van der Waals surface area contributed by atoms with Crippen molar-refractivity contribution in [3.63, 3.8) is 0 Å². The lowest BCUT2D eigenvalue weighted by molar-refractivity contribution is 0.631. The molecule has 0 saturated heterocycles. The van der Waals surface area contributed by atoms with Gasteiger partial charge in [-0.15, -0.1) is 0 Å². The Balaban J connectivity index is 1.98. The number of halogens is 2. The number of aromatic nitrogens is 1. The van der Waals surface area contributed by atoms with E-state index in [2.05, 4.69) is 32.3 Å². The van der Waals surface area contributed by atoms with Crippen LogP contribution in [0.15, 0.2) is 40.9 Å². The van der Waals surface area contributed by atoms with E-state index in [-0.39, 0.29) is 5.82 Å². The zero-order chi connectivity index (χ0) is 13.4. The van der Waals surface area contributed by atoms with Crippen molar-refractivity contribution in [3.05, 3.63) is 52.3 Å². The Morgan fingerprint density at radius 1 is 1.21 bits per heavy atom. The average Bonchev–Trinajstić information content (AvgIpc) is 2.75. The molecule has 0 spiro atoms. The summed E-state index contributed by atoms with van der Waals surface area (Å²) >= 11 is 4.85. The summed E-state index contributed by atoms with van der Waals surface area (Å²) in [5.74, 6) is -0.293. The molecule has 0 aliphatic heterocycles. The molecule has 2 nitrogen and oxygen atoms in total. The third-order valence-corrected chi connectivity index (χ3v) is 4.14. The second kappa shape index (κ2) is 4.90. The van der Waals surface area contributed by atoms with Crippen LogP contribution in [0, 0.1) is 12.7 Å². The van der Waals surface area contributed by atoms with Crippen LogP contribution in [-0.4, -0.2) is 4.98 Å². The van der Waals surface area contributed by atoms with Gasteiger partial charge in [0.2, 0.25) is 0 Å². The Morgan fingerprint density at radius 2 is 2.05 bits per heavy atom. The van der Waals surface area contributed by atoms with Gasteiger partial charge in [0, 0.05) is 4.47 Å². The van der Waals surface area contributed by atoms with Crippen molar-refractivity contribution in [2.45, 2.75) is 6.92 Å². The first kappa shape index (κ1) is 12.6. The Labute approximate surface area is 122 Å². The number of thiazole rings is 1. The number of rotatable bonds is 2. The van der Waals surface area contributed by atoms with Gasteiger partial charge in [-0.05, 0) is 42.8 Å². The van der Waals surface area contributed by atoms with Gasteiger partial charge in [0.1, 0.15) is 5.82 Å². The largest absolute Gasteiger partial charge is 0.329 e. The summed E-state index contributed by atoms with van der Waals surface area (Å²) in [6.07, 6.45) is 0. The minimum absolute atomic E-state index is 0.293. The standard InChI is InChI=1S/C14H10BrFN2S/c1-8-2-5-11-13(6-8)19-14(17-11)18-12-7-9(15)3-4-10(12)16/h2-7H,1H3,(H,17,18). The molecule has 0 aliphatic rings. The van der Waals surface area contributed by atoms with Gasteiger partial charge in [-0.3, -0.25) is 0 Å². The molecule has 3 aromatic rings. The number of hydrogen-bond acceptors (Lipinski definition) is 3. The zero-order valence-corrected chi connectivity index (χ0v) is 12.5. The first-order valence-electron chi connectivity index (χ1n) is 5.71. The van der Waals surface area contributed by atoms with Crippen LogP contribution in [0.3, 0.4) is 0 Å². The second-order valence-electron chi connectivity index (χ2n) is 4.24. The fraction of sp³-hybridized carbons (Fsp3) is 0.0714. The van der Waals surface area contributed by atoms with E-state index in [0.29, 0.717) is 10.8 Å². The van der Waals surface area contributed by atoms with Gasteiger partial charge in [-0.2, -0.15) is 0 Å². The summed E-state index contributed by atoms with van der Waals surface area (Å²) in [4.78, 5) is 4.45. The Kier molecular flexibility index (Phi) is 3.24. The van der Waals surface area contributed by atoms with Gasteiger partial charge in [0.25, 0.3) is 0 Å². The highest BCUT2D eigenvalue weighted by atomic mass is 79.9. The first-order valence-corrected chi connectivity index (χ1v) is 7.32. The van der Waals surface area contributed by atoms with Crippen molar-refractivity contribution in [1.29, 1.82) is 0 Å². The molecule has 0 saturated carbocycles. The minimum Gasteiger partial charge on any atom is -0.329 e. The Morgan fingerprint density at radius 3 is 2.89 bits per heavy atom. The van der Waals surface area contributed by atoms with Crippen molar-refractivity contribution in [2.24, 2.45) is 0 Å². The van der Waals surface area contributed by atoms with E-state index in [4.69, 9.17) is 0 Å². The maximum absolute atomic E-state index is 13.7. The average molecular weight is 337 g/mol. The maximum atomic E-state index is 13.7. The number of aryl methyl sites for hydroxylation is 1. The molecular weight excluding hydrogens is 327 g/mol. The molecule has 0 unspecified atom stereocenters. The SMILES string of the molecule is Cc1ccc2nc(Nc3cc(Br)ccc3F)sc2c1. The molecule has 1 N–H and O–H groups in total. The maximum Gasteiger partial charge on any atom is 0.188 e. The zero-order valence-electron chi connectivity index (χ0n) is 10.1. The van der Waals surface area contributed by atoms with Crippen molar-refractivity contribution in [2.75, 3.05) is 5.32 Å². The van der Waals surface area contributed by atoms with E-state index in [1.807, 2.05) is 19.1 Å². The summed E-state index contributed by atoms with van der Waals surface area (Å²) < 4.78 is 15.6. The molecule has 0 radical (unpaired) electrons. The highest BCUT2D eigenvalue weighted by Crippen LogP contribution is 2.30. The lowest BCUT2D eigenvalue weighted by atomic mass is 10.2. The van der Waals surface area contributed by atoms with Crippen LogP contribution >= 0.6 is 27.3 Å². The molecule has 3 rings (SSSR count). The number of nitrogens with one attached hydrogen (secondary N) is 1. The smallest absolute Gasteiger partial charge is 0.188 e. The predicted octanol–water partition coefficient (Wildman–Crippen LogP) is 5.25. The van der Waals surface area contributed by atoms with Crippen LogP contribution in [0.1, 0.15) is 5.56 Å². The molecular formula is C14H10BrFN2S. The number of hydrogen-bond donors (Lipinski definition) is 1. The molecule has 19 heavy (non-hydrogen) atoms. The van der Waals surface area contributed by atoms with Crippen LogP contribution in [0.5, 0.6) is 0 Å². The van der Waals surface area contributed by atoms with E-state index >= 15 is 0 Å². The molecule has 0 fully saturated rings. The van der Waals surface area contributed by atoms with Gasteiger partial charge < -0.3 is 5.32 Å². The quantitative estimate of drug-likeness (QED) is 0.691. The molecule has 0 aliphatic carbocycles. The van der Waals surface area contributed by atoms with E-state index in [9.17, 15) is 4.39 Å². The molecule has 0 atom stereocenters. The third kappa shape index (κ3) is 2.62. The molecule has 5 heteroatoms. The third-order valence-electron chi connectivity index (χ3n) is 2.71. The van der Waals surface area contributed by atoms with E-state index in [1.165, 1.54) is 23.0 Å². The molecule has 0 amide bonds. The second-order valence-corrected chi connectivity index (χ2v) is 6.19. The normalized spacial score (nSPS) is 10.9. The van der Waals surface area contributed by atoms with Crippen molar-refractivity contribution in [3.8, 4) is 0 Å². The van der Waals surface area contributed by atoms with Gasteiger partial charge in [-0.1, -0.05) is 33.3 Å². The minimum atomic E-state index is -0.293. The highest BCUT2D eigenvalue weighted by molar-refractivity contribution is 9.10. The van der Waals surface area contributed by atoms with Gasteiger partial charge in [-0.25, -0.2) is 9.37 Å². The fourth-order valence-electron chi connectivity index (χ4n) is 1.79. The predicted molar refractivity (Wildman–Crippen MR) is 81.7 cm³/mol. The molecule has 1 heterocycles. The van der Waals surface area contributed by atoms with E-state index < -0.39 is 0 Å². The molecule has 1 aromatic heterocycles. The lowest BCUT2D eigenvalue weighted by Crippen LogP contribution is -1.92. The molecule has 0 bridgehead atoms.